The molecule has 1 aromatic heterocycles. The number of likely N-dealkylation sites (N-methyl/N-ethyl adjacent to an activating group) is 1. The summed E-state index contributed by atoms with van der Waals surface area (Å²) in [6, 6.07) is 6.15. The van der Waals surface area contributed by atoms with Gasteiger partial charge < -0.3 is 33.5 Å². The molecule has 0 spiro atoms. The Morgan fingerprint density at radius 1 is 1.14 bits per heavy atom. The highest BCUT2D eigenvalue weighted by molar-refractivity contribution is 6.66. The summed E-state index contributed by atoms with van der Waals surface area (Å²) >= 11 is 6.90. The van der Waals surface area contributed by atoms with Crippen LogP contribution < -0.4 is 15.1 Å². The molecule has 3 aliphatic rings. The van der Waals surface area contributed by atoms with E-state index < -0.39 is 30.0 Å². The van der Waals surface area contributed by atoms with Crippen LogP contribution in [0.25, 0.3) is 10.9 Å². The van der Waals surface area contributed by atoms with E-state index in [1.807, 2.05) is 60.6 Å². The van der Waals surface area contributed by atoms with Gasteiger partial charge in [-0.1, -0.05) is 11.6 Å². The van der Waals surface area contributed by atoms with Crippen LogP contribution >= 0.6 is 11.6 Å². The zero-order valence-electron chi connectivity index (χ0n) is 27.1. The highest BCUT2D eigenvalue weighted by atomic mass is 35.5. The van der Waals surface area contributed by atoms with Gasteiger partial charge in [-0.25, -0.2) is 4.79 Å². The van der Waals surface area contributed by atoms with Crippen LogP contribution in [0.4, 0.5) is 10.6 Å². The third-order valence-corrected chi connectivity index (χ3v) is 9.42. The number of hydrogen-bond acceptors (Lipinski definition) is 10. The van der Waals surface area contributed by atoms with Crippen molar-refractivity contribution >= 4 is 47.0 Å². The van der Waals surface area contributed by atoms with Gasteiger partial charge in [-0.3, -0.25) is 0 Å². The van der Waals surface area contributed by atoms with Crippen LogP contribution in [0.15, 0.2) is 12.1 Å². The number of aromatic nitrogens is 2. The maximum atomic E-state index is 13.0. The van der Waals surface area contributed by atoms with E-state index in [2.05, 4.69) is 22.9 Å². The van der Waals surface area contributed by atoms with Crippen molar-refractivity contribution in [2.75, 3.05) is 44.7 Å². The molecule has 0 saturated carbocycles. The highest BCUT2D eigenvalue weighted by Gasteiger charge is 2.52. The number of anilines is 1. The minimum Gasteiger partial charge on any atom is -0.462 e. The summed E-state index contributed by atoms with van der Waals surface area (Å²) in [6.07, 6.45) is 1.92. The first-order chi connectivity index (χ1) is 20.6. The molecule has 2 atom stereocenters. The van der Waals surface area contributed by atoms with Crippen LogP contribution in [0.2, 0.25) is 5.02 Å². The summed E-state index contributed by atoms with van der Waals surface area (Å²) in [4.78, 5) is 28.7. The third kappa shape index (κ3) is 6.71. The Kier molecular flexibility index (Phi) is 8.99. The number of amides is 1. The molecule has 3 fully saturated rings. The molecule has 0 bridgehead atoms. The molecule has 11 nitrogen and oxygen atoms in total. The first kappa shape index (κ1) is 32.5. The van der Waals surface area contributed by atoms with E-state index in [-0.39, 0.29) is 18.5 Å². The second kappa shape index (κ2) is 12.2. The van der Waals surface area contributed by atoms with Gasteiger partial charge in [0.2, 0.25) is 0 Å². The second-order valence-electron chi connectivity index (χ2n) is 14.0. The SMILES string of the molecule is CN1CCCC1COc1nc(N2CCN(C(=O)OC(C)(C)C)C(CC#N)C2)c2cc(Cl)c(B3OC(C)(C)C(C)(C)O3)cc2n1. The average Bonchev–Trinajstić information content (AvgIpc) is 3.43. The number of nitrogens with zero attached hydrogens (tertiary/aromatic N) is 6. The molecule has 3 aliphatic heterocycles. The number of hydrogen-bond donors (Lipinski definition) is 0. The molecule has 5 rings (SSSR count). The number of carbonyl (C=O) groups excluding carboxylic acids is 1. The zero-order chi connectivity index (χ0) is 32.0. The van der Waals surface area contributed by atoms with Crippen LogP contribution in [-0.2, 0) is 14.0 Å². The number of ether oxygens (including phenoxy) is 2. The summed E-state index contributed by atoms with van der Waals surface area (Å²) in [5.41, 5.74) is -0.374. The largest absolute Gasteiger partial charge is 0.496 e. The molecule has 13 heteroatoms. The van der Waals surface area contributed by atoms with Crippen molar-refractivity contribution in [3.05, 3.63) is 17.2 Å². The maximum absolute atomic E-state index is 13.0. The summed E-state index contributed by atoms with van der Waals surface area (Å²) in [7, 11) is 1.44. The number of halogens is 1. The van der Waals surface area contributed by atoms with Gasteiger partial charge in [-0.2, -0.15) is 15.2 Å². The quantitative estimate of drug-likeness (QED) is 0.428. The fourth-order valence-electron chi connectivity index (χ4n) is 5.83. The van der Waals surface area contributed by atoms with Crippen LogP contribution in [0, 0.1) is 11.3 Å². The summed E-state index contributed by atoms with van der Waals surface area (Å²) in [5, 5.41) is 10.8. The number of nitriles is 1. The van der Waals surface area contributed by atoms with Crippen LogP contribution in [-0.4, -0.2) is 102 Å². The minimum atomic E-state index is -0.663. The van der Waals surface area contributed by atoms with Crippen molar-refractivity contribution in [1.29, 1.82) is 5.26 Å². The standard InChI is InChI=1S/C31H44BClN6O5/c1-29(2,3)42-28(40)39-15-14-38(18-20(39)11-12-34)26-22-16-24(33)23(32-43-30(4,5)31(6,7)44-32)17-25(22)35-27(36-26)41-19-21-10-9-13-37(21)8/h16-17,20-21H,9-11,13-15,18-19H2,1-8H3. The van der Waals surface area contributed by atoms with E-state index in [1.54, 1.807) is 4.90 Å². The van der Waals surface area contributed by atoms with Crippen molar-refractivity contribution in [3.8, 4) is 12.1 Å². The molecule has 4 heterocycles. The van der Waals surface area contributed by atoms with Crippen molar-refractivity contribution in [2.45, 2.75) is 96.6 Å². The average molecular weight is 627 g/mol. The Morgan fingerprint density at radius 2 is 1.84 bits per heavy atom. The maximum Gasteiger partial charge on any atom is 0.496 e. The molecule has 238 valence electrons. The van der Waals surface area contributed by atoms with E-state index in [4.69, 9.17) is 40.4 Å². The second-order valence-corrected chi connectivity index (χ2v) is 14.4. The van der Waals surface area contributed by atoms with E-state index in [0.29, 0.717) is 54.1 Å². The molecule has 2 aromatic rings. The fourth-order valence-corrected chi connectivity index (χ4v) is 6.09. The fraction of sp³-hybridized carbons (Fsp3) is 0.677. The van der Waals surface area contributed by atoms with Gasteiger partial charge in [0.15, 0.2) is 0 Å². The normalized spacial score (nSPS) is 23.7. The van der Waals surface area contributed by atoms with Crippen molar-refractivity contribution in [1.82, 2.24) is 19.8 Å². The summed E-state index contributed by atoms with van der Waals surface area (Å²) in [5.74, 6) is 0.638. The zero-order valence-corrected chi connectivity index (χ0v) is 27.9. The number of likely N-dealkylation sites (tertiary alicyclic amines) is 1. The van der Waals surface area contributed by atoms with Gasteiger partial charge >= 0.3 is 19.2 Å². The third-order valence-electron chi connectivity index (χ3n) is 9.09. The van der Waals surface area contributed by atoms with Gasteiger partial charge in [0, 0.05) is 41.5 Å². The van der Waals surface area contributed by atoms with E-state index >= 15 is 0 Å². The highest BCUT2D eigenvalue weighted by Crippen LogP contribution is 2.38. The number of piperazine rings is 1. The first-order valence-corrected chi connectivity index (χ1v) is 15.8. The first-order valence-electron chi connectivity index (χ1n) is 15.4. The van der Waals surface area contributed by atoms with Gasteiger partial charge in [-0.15, -0.1) is 0 Å². The lowest BCUT2D eigenvalue weighted by atomic mass is 9.78. The Labute approximate surface area is 265 Å². The van der Waals surface area contributed by atoms with Gasteiger partial charge in [-0.05, 0) is 87.0 Å². The number of fused-ring (bicyclic) bond motifs is 1. The predicted molar refractivity (Wildman–Crippen MR) is 171 cm³/mol. The van der Waals surface area contributed by atoms with Crippen molar-refractivity contribution < 1.29 is 23.6 Å². The van der Waals surface area contributed by atoms with Crippen LogP contribution in [0.3, 0.4) is 0 Å². The molecule has 1 amide bonds. The Morgan fingerprint density at radius 3 is 2.45 bits per heavy atom. The van der Waals surface area contributed by atoms with Crippen molar-refractivity contribution in [2.24, 2.45) is 0 Å². The number of benzene rings is 1. The number of carbonyl (C=O) groups is 1. The monoisotopic (exact) mass is 626 g/mol. The van der Waals surface area contributed by atoms with Gasteiger partial charge in [0.25, 0.3) is 0 Å². The van der Waals surface area contributed by atoms with E-state index in [1.165, 1.54) is 0 Å². The molecule has 0 aliphatic carbocycles. The molecular weight excluding hydrogens is 583 g/mol. The molecule has 0 radical (unpaired) electrons. The van der Waals surface area contributed by atoms with Crippen molar-refractivity contribution in [3.63, 3.8) is 0 Å². The lowest BCUT2D eigenvalue weighted by Crippen LogP contribution is -2.56. The molecular formula is C31H44BClN6O5. The van der Waals surface area contributed by atoms with Gasteiger partial charge in [0.05, 0.1) is 35.3 Å². The summed E-state index contributed by atoms with van der Waals surface area (Å²) < 4.78 is 24.5. The Hall–Kier alpha value is -2.85. The molecule has 1 aromatic carbocycles. The smallest absolute Gasteiger partial charge is 0.462 e. The Bertz CT molecular complexity index is 1430. The predicted octanol–water partition coefficient (Wildman–Crippen LogP) is 4.39. The molecule has 3 saturated heterocycles. The van der Waals surface area contributed by atoms with Crippen LogP contribution in [0.5, 0.6) is 6.01 Å². The molecule has 2 unspecified atom stereocenters. The lowest BCUT2D eigenvalue weighted by Gasteiger charge is -2.41. The van der Waals surface area contributed by atoms with Crippen LogP contribution in [0.1, 0.15) is 67.7 Å². The van der Waals surface area contributed by atoms with E-state index in [9.17, 15) is 10.1 Å². The van der Waals surface area contributed by atoms with Gasteiger partial charge in [0.1, 0.15) is 18.0 Å². The molecule has 44 heavy (non-hydrogen) atoms. The Balaban J connectivity index is 1.51. The van der Waals surface area contributed by atoms with E-state index in [0.717, 1.165) is 24.8 Å². The summed E-state index contributed by atoms with van der Waals surface area (Å²) in [6.45, 7) is 16.3. The number of rotatable bonds is 6. The lowest BCUT2D eigenvalue weighted by molar-refractivity contribution is 0.00578. The topological polar surface area (TPSA) is 113 Å². The minimum absolute atomic E-state index is 0.156. The molecule has 0 N–H and O–H groups in total.